The summed E-state index contributed by atoms with van der Waals surface area (Å²) in [6.07, 6.45) is 67.7. The van der Waals surface area contributed by atoms with Crippen LogP contribution in [0.3, 0.4) is 0 Å². The van der Waals surface area contributed by atoms with Crippen LogP contribution >= 0.6 is 0 Å². The molecule has 3 N–H and O–H groups in total. The maximum absolute atomic E-state index is 12.5. The van der Waals surface area contributed by atoms with E-state index in [0.717, 1.165) is 44.9 Å². The van der Waals surface area contributed by atoms with Gasteiger partial charge in [0.05, 0.1) is 25.4 Å². The summed E-state index contributed by atoms with van der Waals surface area (Å²) < 4.78 is 5.47. The summed E-state index contributed by atoms with van der Waals surface area (Å²) >= 11 is 0. The van der Waals surface area contributed by atoms with Gasteiger partial charge in [-0.15, -0.1) is 0 Å². The summed E-state index contributed by atoms with van der Waals surface area (Å²) in [7, 11) is 0. The monoisotopic (exact) mass is 930 g/mol. The molecule has 0 aromatic heterocycles. The fourth-order valence-corrected chi connectivity index (χ4v) is 9.16. The molecule has 0 saturated carbocycles. The summed E-state index contributed by atoms with van der Waals surface area (Å²) in [5, 5.41) is 23.2. The van der Waals surface area contributed by atoms with E-state index >= 15 is 0 Å². The number of carbonyl (C=O) groups is 2. The van der Waals surface area contributed by atoms with Crippen molar-refractivity contribution in [2.45, 2.75) is 334 Å². The zero-order chi connectivity index (χ0) is 47.9. The molecule has 0 bridgehead atoms. The minimum Gasteiger partial charge on any atom is -0.466 e. The maximum Gasteiger partial charge on any atom is 0.305 e. The largest absolute Gasteiger partial charge is 0.466 e. The third-order valence-corrected chi connectivity index (χ3v) is 13.7. The van der Waals surface area contributed by atoms with Crippen molar-refractivity contribution in [3.63, 3.8) is 0 Å². The van der Waals surface area contributed by atoms with Crippen LogP contribution in [0, 0.1) is 0 Å². The van der Waals surface area contributed by atoms with Crippen LogP contribution in [0.5, 0.6) is 0 Å². The molecule has 0 heterocycles. The number of amides is 1. The van der Waals surface area contributed by atoms with Crippen LogP contribution in [0.25, 0.3) is 0 Å². The fraction of sp³-hybridized carbons (Fsp3) is 0.900. The minimum absolute atomic E-state index is 0.00376. The molecule has 0 aliphatic heterocycles. The third-order valence-electron chi connectivity index (χ3n) is 13.7. The van der Waals surface area contributed by atoms with Gasteiger partial charge in [0.25, 0.3) is 0 Å². The van der Waals surface area contributed by atoms with Gasteiger partial charge in [0.2, 0.25) is 5.91 Å². The summed E-state index contributed by atoms with van der Waals surface area (Å²) in [6.45, 7) is 4.90. The first-order valence-corrected chi connectivity index (χ1v) is 29.6. The smallest absolute Gasteiger partial charge is 0.305 e. The summed E-state index contributed by atoms with van der Waals surface area (Å²) in [4.78, 5) is 24.5. The standard InChI is InChI=1S/C60H115NO5/c1-3-5-7-9-11-13-15-17-19-20-22-25-28-32-36-40-44-48-52-58(63)57(56-62)61-59(64)53-49-45-41-37-33-29-26-23-21-24-27-31-35-39-43-47-51-55-66-60(65)54-50-46-42-38-34-30-18-16-14-12-10-8-6-4-2/h16,18,48,52,57-58,62-63H,3-15,17,19-47,49-51,53-56H2,1-2H3,(H,61,64)/b18-16-,52-48+. The van der Waals surface area contributed by atoms with Gasteiger partial charge in [0, 0.05) is 12.8 Å². The van der Waals surface area contributed by atoms with Crippen LogP contribution < -0.4 is 5.32 Å². The second-order valence-electron chi connectivity index (χ2n) is 20.3. The quantitative estimate of drug-likeness (QED) is 0.0321. The van der Waals surface area contributed by atoms with Gasteiger partial charge >= 0.3 is 5.97 Å². The molecular formula is C60H115NO5. The molecule has 0 aliphatic carbocycles. The first-order valence-electron chi connectivity index (χ1n) is 29.6. The molecule has 0 radical (unpaired) electrons. The Morgan fingerprint density at radius 3 is 1.08 bits per heavy atom. The molecule has 0 saturated heterocycles. The average molecular weight is 931 g/mol. The van der Waals surface area contributed by atoms with E-state index in [-0.39, 0.29) is 18.5 Å². The lowest BCUT2D eigenvalue weighted by Crippen LogP contribution is -2.45. The van der Waals surface area contributed by atoms with Crippen molar-refractivity contribution in [3.8, 4) is 0 Å². The lowest BCUT2D eigenvalue weighted by Gasteiger charge is -2.20. The van der Waals surface area contributed by atoms with Crippen molar-refractivity contribution >= 4 is 11.9 Å². The summed E-state index contributed by atoms with van der Waals surface area (Å²) in [6, 6.07) is -0.632. The molecule has 1 amide bonds. The molecule has 2 unspecified atom stereocenters. The Bertz CT molecular complexity index is 1030. The third kappa shape index (κ3) is 51.7. The van der Waals surface area contributed by atoms with Crippen LogP contribution in [-0.4, -0.2) is 47.4 Å². The lowest BCUT2D eigenvalue weighted by molar-refractivity contribution is -0.143. The van der Waals surface area contributed by atoms with E-state index < -0.39 is 12.1 Å². The average Bonchev–Trinajstić information content (AvgIpc) is 3.32. The van der Waals surface area contributed by atoms with Crippen LogP contribution in [-0.2, 0) is 14.3 Å². The molecular weight excluding hydrogens is 815 g/mol. The molecule has 0 aliphatic rings. The van der Waals surface area contributed by atoms with E-state index in [1.165, 1.54) is 250 Å². The van der Waals surface area contributed by atoms with Gasteiger partial charge in [-0.25, -0.2) is 0 Å². The highest BCUT2D eigenvalue weighted by Gasteiger charge is 2.18. The molecule has 0 spiro atoms. The number of unbranched alkanes of at least 4 members (excludes halogenated alkanes) is 42. The predicted octanol–water partition coefficient (Wildman–Crippen LogP) is 18.2. The van der Waals surface area contributed by atoms with Crippen molar-refractivity contribution in [3.05, 3.63) is 24.3 Å². The molecule has 2 atom stereocenters. The molecule has 6 nitrogen and oxygen atoms in total. The Balaban J connectivity index is 3.45. The van der Waals surface area contributed by atoms with Crippen molar-refractivity contribution in [2.75, 3.05) is 13.2 Å². The van der Waals surface area contributed by atoms with Gasteiger partial charge in [0.1, 0.15) is 0 Å². The maximum atomic E-state index is 12.5. The topological polar surface area (TPSA) is 95.9 Å². The molecule has 66 heavy (non-hydrogen) atoms. The van der Waals surface area contributed by atoms with Crippen molar-refractivity contribution in [1.82, 2.24) is 5.32 Å². The number of carbonyl (C=O) groups excluding carboxylic acids is 2. The number of ether oxygens (including phenoxy) is 1. The minimum atomic E-state index is -0.848. The van der Waals surface area contributed by atoms with Crippen LogP contribution in [0.15, 0.2) is 24.3 Å². The van der Waals surface area contributed by atoms with Crippen molar-refractivity contribution < 1.29 is 24.5 Å². The Hall–Kier alpha value is -1.66. The Morgan fingerprint density at radius 1 is 0.409 bits per heavy atom. The van der Waals surface area contributed by atoms with E-state index in [1.807, 2.05) is 6.08 Å². The van der Waals surface area contributed by atoms with Crippen molar-refractivity contribution in [1.29, 1.82) is 0 Å². The highest BCUT2D eigenvalue weighted by molar-refractivity contribution is 5.76. The van der Waals surface area contributed by atoms with Gasteiger partial charge in [-0.3, -0.25) is 9.59 Å². The Morgan fingerprint density at radius 2 is 0.712 bits per heavy atom. The highest BCUT2D eigenvalue weighted by atomic mass is 16.5. The number of nitrogens with one attached hydrogen (secondary N) is 1. The van der Waals surface area contributed by atoms with Crippen molar-refractivity contribution in [2.24, 2.45) is 0 Å². The van der Waals surface area contributed by atoms with Gasteiger partial charge in [0.15, 0.2) is 0 Å². The van der Waals surface area contributed by atoms with Crippen LogP contribution in [0.2, 0.25) is 0 Å². The number of allylic oxidation sites excluding steroid dienone is 3. The highest BCUT2D eigenvalue weighted by Crippen LogP contribution is 2.17. The van der Waals surface area contributed by atoms with Gasteiger partial charge in [-0.2, -0.15) is 0 Å². The zero-order valence-electron chi connectivity index (χ0n) is 44.4. The van der Waals surface area contributed by atoms with Gasteiger partial charge in [-0.1, -0.05) is 276 Å². The Labute approximate surface area is 411 Å². The summed E-state index contributed by atoms with van der Waals surface area (Å²) in [5.74, 6) is -0.0750. The van der Waals surface area contributed by atoms with E-state index in [9.17, 15) is 19.8 Å². The van der Waals surface area contributed by atoms with E-state index in [0.29, 0.717) is 19.4 Å². The molecule has 390 valence electrons. The molecule has 0 fully saturated rings. The summed E-state index contributed by atoms with van der Waals surface area (Å²) in [5.41, 5.74) is 0. The number of aliphatic hydroxyl groups is 2. The first-order chi connectivity index (χ1) is 32.5. The van der Waals surface area contributed by atoms with E-state index in [4.69, 9.17) is 4.74 Å². The number of rotatable bonds is 55. The van der Waals surface area contributed by atoms with Gasteiger partial charge < -0.3 is 20.3 Å². The number of esters is 1. The second kappa shape index (κ2) is 55.9. The SMILES string of the molecule is CCCCCCC/C=C\CCCCCCCC(=O)OCCCCCCCCCCCCCCCCCCCC(=O)NC(CO)C(O)/C=C/CCCCCCCCCCCCCCCCCC. The Kier molecular flexibility index (Phi) is 54.5. The van der Waals surface area contributed by atoms with Gasteiger partial charge in [-0.05, 0) is 57.8 Å². The fourth-order valence-electron chi connectivity index (χ4n) is 9.16. The molecule has 0 aromatic rings. The van der Waals surface area contributed by atoms with E-state index in [2.05, 4.69) is 31.3 Å². The van der Waals surface area contributed by atoms with E-state index in [1.54, 1.807) is 6.08 Å². The lowest BCUT2D eigenvalue weighted by atomic mass is 10.0. The first kappa shape index (κ1) is 64.3. The van der Waals surface area contributed by atoms with Crippen LogP contribution in [0.4, 0.5) is 0 Å². The second-order valence-corrected chi connectivity index (χ2v) is 20.3. The van der Waals surface area contributed by atoms with Crippen LogP contribution in [0.1, 0.15) is 322 Å². The molecule has 0 aromatic carbocycles. The normalized spacial score (nSPS) is 12.7. The molecule has 6 heteroatoms. The number of hydrogen-bond donors (Lipinski definition) is 3. The predicted molar refractivity (Wildman–Crippen MR) is 287 cm³/mol. The zero-order valence-corrected chi connectivity index (χ0v) is 44.4. The molecule has 0 rings (SSSR count). The number of aliphatic hydroxyl groups excluding tert-OH is 2. The number of hydrogen-bond acceptors (Lipinski definition) is 5.